The number of aliphatic hydroxyl groups excluding tert-OH is 1. The Labute approximate surface area is 114 Å². The van der Waals surface area contributed by atoms with Crippen molar-refractivity contribution in [3.05, 3.63) is 29.6 Å². The average molecular weight is 262 g/mol. The minimum atomic E-state index is -0.119. The second kappa shape index (κ2) is 6.66. The number of amides is 1. The molecule has 0 aliphatic heterocycles. The van der Waals surface area contributed by atoms with E-state index in [1.54, 1.807) is 6.07 Å². The van der Waals surface area contributed by atoms with Crippen molar-refractivity contribution in [1.82, 2.24) is 10.3 Å². The number of carbonyl (C=O) groups is 1. The molecule has 2 unspecified atom stereocenters. The summed E-state index contributed by atoms with van der Waals surface area (Å²) in [7, 11) is 0. The molecule has 4 heteroatoms. The molecule has 0 saturated heterocycles. The summed E-state index contributed by atoms with van der Waals surface area (Å²) in [5.41, 5.74) is 1.31. The Hall–Kier alpha value is -1.42. The zero-order valence-corrected chi connectivity index (χ0v) is 11.4. The zero-order chi connectivity index (χ0) is 13.7. The molecule has 1 fully saturated rings. The van der Waals surface area contributed by atoms with E-state index in [0.29, 0.717) is 24.1 Å². The van der Waals surface area contributed by atoms with Gasteiger partial charge in [-0.25, -0.2) is 4.98 Å². The fourth-order valence-electron chi connectivity index (χ4n) is 2.78. The molecule has 2 N–H and O–H groups in total. The minimum Gasteiger partial charge on any atom is -0.396 e. The molecule has 4 nitrogen and oxygen atoms in total. The van der Waals surface area contributed by atoms with E-state index in [1.165, 1.54) is 12.8 Å². The molecule has 1 aliphatic carbocycles. The lowest BCUT2D eigenvalue weighted by Gasteiger charge is -2.30. The molecule has 104 valence electrons. The van der Waals surface area contributed by atoms with E-state index >= 15 is 0 Å². The number of aryl methyl sites for hydroxylation is 1. The quantitative estimate of drug-likeness (QED) is 0.871. The maximum atomic E-state index is 12.0. The normalized spacial score (nSPS) is 23.1. The molecule has 2 rings (SSSR count). The third-order valence-electron chi connectivity index (χ3n) is 3.95. The van der Waals surface area contributed by atoms with Crippen molar-refractivity contribution < 1.29 is 9.90 Å². The monoisotopic (exact) mass is 262 g/mol. The fraction of sp³-hybridized carbons (Fsp3) is 0.600. The first kappa shape index (κ1) is 14.0. The molecule has 1 aromatic heterocycles. The van der Waals surface area contributed by atoms with Crippen molar-refractivity contribution in [3.63, 3.8) is 0 Å². The van der Waals surface area contributed by atoms with Gasteiger partial charge in [0.15, 0.2) is 0 Å². The maximum Gasteiger partial charge on any atom is 0.269 e. The summed E-state index contributed by atoms with van der Waals surface area (Å²) in [6, 6.07) is 5.45. The summed E-state index contributed by atoms with van der Waals surface area (Å²) in [4.78, 5) is 16.2. The molecular formula is C15H22N2O2. The molecule has 0 spiro atoms. The Kier molecular flexibility index (Phi) is 4.91. The molecular weight excluding hydrogens is 240 g/mol. The van der Waals surface area contributed by atoms with Crippen LogP contribution in [0.5, 0.6) is 0 Å². The van der Waals surface area contributed by atoms with Crippen LogP contribution in [0, 0.1) is 18.8 Å². The predicted molar refractivity (Wildman–Crippen MR) is 73.8 cm³/mol. The summed E-state index contributed by atoms with van der Waals surface area (Å²) in [5, 5.41) is 12.3. The van der Waals surface area contributed by atoms with Gasteiger partial charge in [-0.1, -0.05) is 18.9 Å². The van der Waals surface area contributed by atoms with Crippen LogP contribution in [-0.2, 0) is 0 Å². The minimum absolute atomic E-state index is 0.119. The average Bonchev–Trinajstić information content (AvgIpc) is 2.45. The Morgan fingerprint density at radius 1 is 1.37 bits per heavy atom. The number of hydrogen-bond acceptors (Lipinski definition) is 3. The predicted octanol–water partition coefficient (Wildman–Crippen LogP) is 1.92. The van der Waals surface area contributed by atoms with Gasteiger partial charge in [0, 0.05) is 18.8 Å². The lowest BCUT2D eigenvalue weighted by atomic mass is 9.79. The summed E-state index contributed by atoms with van der Waals surface area (Å²) in [6.45, 7) is 2.74. The highest BCUT2D eigenvalue weighted by molar-refractivity contribution is 5.92. The highest BCUT2D eigenvalue weighted by Crippen LogP contribution is 2.29. The molecule has 0 aromatic carbocycles. The Balaban J connectivity index is 1.89. The van der Waals surface area contributed by atoms with Crippen molar-refractivity contribution in [2.45, 2.75) is 32.6 Å². The summed E-state index contributed by atoms with van der Waals surface area (Å²) >= 11 is 0. The van der Waals surface area contributed by atoms with E-state index < -0.39 is 0 Å². The lowest BCUT2D eigenvalue weighted by molar-refractivity contribution is 0.0904. The number of nitrogens with one attached hydrogen (secondary N) is 1. The molecule has 1 saturated carbocycles. The molecule has 1 amide bonds. The SMILES string of the molecule is Cc1cccc(C(=O)NCC2CCCCC2CO)n1. The first-order valence-electron chi connectivity index (χ1n) is 7.03. The van der Waals surface area contributed by atoms with E-state index in [0.717, 1.165) is 18.5 Å². The fourth-order valence-corrected chi connectivity index (χ4v) is 2.78. The van der Waals surface area contributed by atoms with Gasteiger partial charge in [0.1, 0.15) is 5.69 Å². The topological polar surface area (TPSA) is 62.2 Å². The first-order chi connectivity index (χ1) is 9.20. The van der Waals surface area contributed by atoms with Gasteiger partial charge in [-0.3, -0.25) is 4.79 Å². The van der Waals surface area contributed by atoms with E-state index in [-0.39, 0.29) is 12.5 Å². The Morgan fingerprint density at radius 2 is 2.11 bits per heavy atom. The third-order valence-corrected chi connectivity index (χ3v) is 3.95. The maximum absolute atomic E-state index is 12.0. The van der Waals surface area contributed by atoms with Crippen LogP contribution in [0.4, 0.5) is 0 Å². The van der Waals surface area contributed by atoms with Crippen LogP contribution in [0.15, 0.2) is 18.2 Å². The van der Waals surface area contributed by atoms with Crippen LogP contribution in [0.1, 0.15) is 41.9 Å². The van der Waals surface area contributed by atoms with E-state index in [1.807, 2.05) is 19.1 Å². The van der Waals surface area contributed by atoms with E-state index in [4.69, 9.17) is 0 Å². The molecule has 0 radical (unpaired) electrons. The summed E-state index contributed by atoms with van der Waals surface area (Å²) in [6.07, 6.45) is 4.54. The second-order valence-corrected chi connectivity index (χ2v) is 5.36. The standard InChI is InChI=1S/C15H22N2O2/c1-11-5-4-8-14(17-11)15(19)16-9-12-6-2-3-7-13(12)10-18/h4-5,8,12-13,18H,2-3,6-7,9-10H2,1H3,(H,16,19). The van der Waals surface area contributed by atoms with E-state index in [2.05, 4.69) is 10.3 Å². The van der Waals surface area contributed by atoms with Gasteiger partial charge in [-0.2, -0.15) is 0 Å². The van der Waals surface area contributed by atoms with Gasteiger partial charge >= 0.3 is 0 Å². The van der Waals surface area contributed by atoms with Crippen LogP contribution in [0.3, 0.4) is 0 Å². The summed E-state index contributed by atoms with van der Waals surface area (Å²) in [5.74, 6) is 0.609. The van der Waals surface area contributed by atoms with Crippen LogP contribution < -0.4 is 5.32 Å². The molecule has 0 bridgehead atoms. The van der Waals surface area contributed by atoms with Crippen molar-refractivity contribution >= 4 is 5.91 Å². The number of rotatable bonds is 4. The number of carbonyl (C=O) groups excluding carboxylic acids is 1. The van der Waals surface area contributed by atoms with Crippen molar-refractivity contribution in [2.75, 3.05) is 13.2 Å². The highest BCUT2D eigenvalue weighted by Gasteiger charge is 2.24. The van der Waals surface area contributed by atoms with Crippen LogP contribution in [-0.4, -0.2) is 29.1 Å². The van der Waals surface area contributed by atoms with Gasteiger partial charge in [0.25, 0.3) is 5.91 Å². The van der Waals surface area contributed by atoms with Crippen molar-refractivity contribution in [3.8, 4) is 0 Å². The Bertz CT molecular complexity index is 434. The second-order valence-electron chi connectivity index (χ2n) is 5.36. The molecule has 1 aromatic rings. The number of hydrogen-bond donors (Lipinski definition) is 2. The van der Waals surface area contributed by atoms with Crippen LogP contribution >= 0.6 is 0 Å². The van der Waals surface area contributed by atoms with E-state index in [9.17, 15) is 9.90 Å². The smallest absolute Gasteiger partial charge is 0.269 e. The van der Waals surface area contributed by atoms with Gasteiger partial charge in [-0.15, -0.1) is 0 Å². The Morgan fingerprint density at radius 3 is 2.79 bits per heavy atom. The van der Waals surface area contributed by atoms with Gasteiger partial charge in [-0.05, 0) is 43.7 Å². The molecule has 2 atom stereocenters. The number of aliphatic hydroxyl groups is 1. The first-order valence-corrected chi connectivity index (χ1v) is 7.03. The third kappa shape index (κ3) is 3.77. The number of aromatic nitrogens is 1. The van der Waals surface area contributed by atoms with Crippen LogP contribution in [0.25, 0.3) is 0 Å². The number of pyridine rings is 1. The summed E-state index contributed by atoms with van der Waals surface area (Å²) < 4.78 is 0. The largest absolute Gasteiger partial charge is 0.396 e. The zero-order valence-electron chi connectivity index (χ0n) is 11.4. The van der Waals surface area contributed by atoms with Crippen LogP contribution in [0.2, 0.25) is 0 Å². The van der Waals surface area contributed by atoms with Crippen molar-refractivity contribution in [2.24, 2.45) is 11.8 Å². The molecule has 19 heavy (non-hydrogen) atoms. The molecule has 1 heterocycles. The highest BCUT2D eigenvalue weighted by atomic mass is 16.3. The van der Waals surface area contributed by atoms with Crippen molar-refractivity contribution in [1.29, 1.82) is 0 Å². The number of nitrogens with zero attached hydrogens (tertiary/aromatic N) is 1. The lowest BCUT2D eigenvalue weighted by Crippen LogP contribution is -2.35. The van der Waals surface area contributed by atoms with Gasteiger partial charge in [0.05, 0.1) is 0 Å². The van der Waals surface area contributed by atoms with Gasteiger partial charge in [0.2, 0.25) is 0 Å². The van der Waals surface area contributed by atoms with Gasteiger partial charge < -0.3 is 10.4 Å². The molecule has 1 aliphatic rings.